The van der Waals surface area contributed by atoms with Crippen molar-refractivity contribution in [1.29, 1.82) is 0 Å². The Morgan fingerprint density at radius 2 is 2.00 bits per heavy atom. The van der Waals surface area contributed by atoms with Crippen LogP contribution in [0.3, 0.4) is 0 Å². The highest BCUT2D eigenvalue weighted by molar-refractivity contribution is 4.87. The first-order valence-corrected chi connectivity index (χ1v) is 5.33. The molecule has 1 atom stereocenters. The number of nitrogens with two attached hydrogens (primary N) is 1. The maximum absolute atomic E-state index is 12.1. The molecule has 4 heteroatoms. The number of hydrogen-bond donors (Lipinski definition) is 2. The van der Waals surface area contributed by atoms with Gasteiger partial charge in [0.1, 0.15) is 0 Å². The normalized spacial score (nSPS) is 15.9. The van der Waals surface area contributed by atoms with Gasteiger partial charge in [0, 0.05) is 12.1 Å². The summed E-state index contributed by atoms with van der Waals surface area (Å²) in [6.45, 7) is 4.25. The van der Waals surface area contributed by atoms with E-state index in [1.807, 2.05) is 6.92 Å². The molecule has 0 rings (SSSR count). The minimum absolute atomic E-state index is 0.255. The van der Waals surface area contributed by atoms with Gasteiger partial charge in [0.2, 0.25) is 0 Å². The minimum Gasteiger partial charge on any atom is -0.329 e. The molecule has 0 spiro atoms. The van der Waals surface area contributed by atoms with Crippen LogP contribution in [0.2, 0.25) is 0 Å². The van der Waals surface area contributed by atoms with Crippen molar-refractivity contribution in [1.82, 2.24) is 5.32 Å². The van der Waals surface area contributed by atoms with E-state index in [9.17, 15) is 8.78 Å². The lowest BCUT2D eigenvalue weighted by Crippen LogP contribution is -2.52. The first-order chi connectivity index (χ1) is 6.60. The highest BCUT2D eigenvalue weighted by Crippen LogP contribution is 2.17. The molecule has 2 nitrogen and oxygen atoms in total. The Hall–Kier alpha value is -0.220. The summed E-state index contributed by atoms with van der Waals surface area (Å²) in [6.07, 6.45) is 1.48. The topological polar surface area (TPSA) is 38.0 Å². The summed E-state index contributed by atoms with van der Waals surface area (Å²) in [5.41, 5.74) is 5.35. The third-order valence-electron chi connectivity index (χ3n) is 2.71. The Labute approximate surface area is 85.2 Å². The van der Waals surface area contributed by atoms with Gasteiger partial charge in [-0.1, -0.05) is 26.7 Å². The lowest BCUT2D eigenvalue weighted by Gasteiger charge is -2.32. The lowest BCUT2D eigenvalue weighted by atomic mass is 9.90. The summed E-state index contributed by atoms with van der Waals surface area (Å²) in [5.74, 6) is 0. The molecule has 0 amide bonds. The van der Waals surface area contributed by atoms with Gasteiger partial charge in [0.15, 0.2) is 0 Å². The van der Waals surface area contributed by atoms with Crippen LogP contribution in [0, 0.1) is 0 Å². The SMILES string of the molecule is CCCCC(CC)(CN)NCC(F)F. The zero-order valence-corrected chi connectivity index (χ0v) is 9.15. The van der Waals surface area contributed by atoms with E-state index in [-0.39, 0.29) is 12.1 Å². The van der Waals surface area contributed by atoms with Crippen LogP contribution in [0.4, 0.5) is 8.78 Å². The fourth-order valence-electron chi connectivity index (χ4n) is 1.52. The molecule has 0 aliphatic heterocycles. The molecule has 0 aliphatic carbocycles. The number of nitrogens with one attached hydrogen (secondary N) is 1. The Kier molecular flexibility index (Phi) is 7.01. The van der Waals surface area contributed by atoms with E-state index in [0.29, 0.717) is 6.54 Å². The molecule has 0 aromatic heterocycles. The zero-order valence-electron chi connectivity index (χ0n) is 9.15. The van der Waals surface area contributed by atoms with Crippen LogP contribution in [0.25, 0.3) is 0 Å². The van der Waals surface area contributed by atoms with Gasteiger partial charge in [-0.2, -0.15) is 0 Å². The molecule has 1 unspecified atom stereocenters. The van der Waals surface area contributed by atoms with Crippen molar-refractivity contribution in [2.24, 2.45) is 5.73 Å². The minimum atomic E-state index is -2.30. The molecule has 86 valence electrons. The molecular weight excluding hydrogens is 186 g/mol. The van der Waals surface area contributed by atoms with E-state index in [0.717, 1.165) is 25.7 Å². The smallest absolute Gasteiger partial charge is 0.250 e. The highest BCUT2D eigenvalue weighted by Gasteiger charge is 2.25. The van der Waals surface area contributed by atoms with Crippen molar-refractivity contribution in [2.75, 3.05) is 13.1 Å². The van der Waals surface area contributed by atoms with Gasteiger partial charge in [-0.15, -0.1) is 0 Å². The summed E-state index contributed by atoms with van der Waals surface area (Å²) in [7, 11) is 0. The molecule has 0 aliphatic rings. The first-order valence-electron chi connectivity index (χ1n) is 5.33. The van der Waals surface area contributed by atoms with Crippen LogP contribution >= 0.6 is 0 Å². The summed E-state index contributed by atoms with van der Waals surface area (Å²) in [5, 5.41) is 2.89. The average Bonchev–Trinajstić information content (AvgIpc) is 2.19. The maximum atomic E-state index is 12.1. The van der Waals surface area contributed by atoms with Crippen LogP contribution in [-0.4, -0.2) is 25.1 Å². The van der Waals surface area contributed by atoms with Gasteiger partial charge in [0.05, 0.1) is 6.54 Å². The molecule has 0 aromatic rings. The van der Waals surface area contributed by atoms with Crippen molar-refractivity contribution < 1.29 is 8.78 Å². The Morgan fingerprint density at radius 3 is 2.36 bits per heavy atom. The predicted molar refractivity (Wildman–Crippen MR) is 55.6 cm³/mol. The van der Waals surface area contributed by atoms with Crippen LogP contribution < -0.4 is 11.1 Å². The zero-order chi connectivity index (χ0) is 11.0. The highest BCUT2D eigenvalue weighted by atomic mass is 19.3. The molecule has 0 heterocycles. The third kappa shape index (κ3) is 4.86. The number of alkyl halides is 2. The molecule has 0 aromatic carbocycles. The van der Waals surface area contributed by atoms with E-state index < -0.39 is 6.43 Å². The average molecular weight is 208 g/mol. The molecule has 0 bridgehead atoms. The van der Waals surface area contributed by atoms with Crippen molar-refractivity contribution >= 4 is 0 Å². The van der Waals surface area contributed by atoms with Gasteiger partial charge in [-0.25, -0.2) is 8.78 Å². The molecule has 0 fully saturated rings. The summed E-state index contributed by atoms with van der Waals surface area (Å²) in [6, 6.07) is 0. The predicted octanol–water partition coefficient (Wildman–Crippen LogP) is 2.14. The molecular formula is C10H22F2N2. The van der Waals surface area contributed by atoms with Crippen molar-refractivity contribution in [3.63, 3.8) is 0 Å². The second kappa shape index (κ2) is 7.12. The van der Waals surface area contributed by atoms with Gasteiger partial charge < -0.3 is 11.1 Å². The first kappa shape index (κ1) is 13.8. The molecule has 3 N–H and O–H groups in total. The van der Waals surface area contributed by atoms with E-state index >= 15 is 0 Å². The van der Waals surface area contributed by atoms with Crippen LogP contribution in [0.15, 0.2) is 0 Å². The fourth-order valence-corrected chi connectivity index (χ4v) is 1.52. The Balaban J connectivity index is 4.07. The molecule has 0 saturated heterocycles. The molecule has 0 saturated carbocycles. The maximum Gasteiger partial charge on any atom is 0.250 e. The number of unbranched alkanes of at least 4 members (excludes halogenated alkanes) is 1. The molecule has 0 radical (unpaired) electrons. The number of hydrogen-bond acceptors (Lipinski definition) is 2. The quantitative estimate of drug-likeness (QED) is 0.641. The van der Waals surface area contributed by atoms with E-state index in [1.54, 1.807) is 0 Å². The van der Waals surface area contributed by atoms with Crippen molar-refractivity contribution in [3.8, 4) is 0 Å². The van der Waals surface area contributed by atoms with Gasteiger partial charge >= 0.3 is 0 Å². The number of halogens is 2. The van der Waals surface area contributed by atoms with E-state index in [2.05, 4.69) is 12.2 Å². The van der Waals surface area contributed by atoms with Crippen molar-refractivity contribution in [2.45, 2.75) is 51.5 Å². The number of rotatable bonds is 8. The van der Waals surface area contributed by atoms with Crippen molar-refractivity contribution in [3.05, 3.63) is 0 Å². The third-order valence-corrected chi connectivity index (χ3v) is 2.71. The Bertz CT molecular complexity index is 136. The van der Waals surface area contributed by atoms with E-state index in [1.165, 1.54) is 0 Å². The molecule has 14 heavy (non-hydrogen) atoms. The van der Waals surface area contributed by atoms with Crippen LogP contribution in [0.1, 0.15) is 39.5 Å². The largest absolute Gasteiger partial charge is 0.329 e. The van der Waals surface area contributed by atoms with Crippen LogP contribution in [0.5, 0.6) is 0 Å². The van der Waals surface area contributed by atoms with Gasteiger partial charge in [0.25, 0.3) is 6.43 Å². The van der Waals surface area contributed by atoms with E-state index in [4.69, 9.17) is 5.73 Å². The standard InChI is InChI=1S/C10H22F2N2/c1-3-5-6-10(4-2,8-13)14-7-9(11)12/h9,14H,3-8,13H2,1-2H3. The fraction of sp³-hybridized carbons (Fsp3) is 1.00. The summed E-state index contributed by atoms with van der Waals surface area (Å²) < 4.78 is 24.1. The lowest BCUT2D eigenvalue weighted by molar-refractivity contribution is 0.126. The van der Waals surface area contributed by atoms with Gasteiger partial charge in [-0.05, 0) is 12.8 Å². The summed E-state index contributed by atoms with van der Waals surface area (Å²) >= 11 is 0. The summed E-state index contributed by atoms with van der Waals surface area (Å²) in [4.78, 5) is 0. The second-order valence-electron chi connectivity index (χ2n) is 3.71. The second-order valence-corrected chi connectivity index (χ2v) is 3.71. The Morgan fingerprint density at radius 1 is 1.36 bits per heavy atom. The van der Waals surface area contributed by atoms with Gasteiger partial charge in [-0.3, -0.25) is 0 Å². The monoisotopic (exact) mass is 208 g/mol. The van der Waals surface area contributed by atoms with Crippen LogP contribution in [-0.2, 0) is 0 Å².